The molecule has 0 saturated carbocycles. The lowest BCUT2D eigenvalue weighted by Gasteiger charge is -2.22. The van der Waals surface area contributed by atoms with E-state index in [1.807, 2.05) is 12.5 Å². The molecule has 3 nitrogen and oxygen atoms in total. The van der Waals surface area contributed by atoms with E-state index in [2.05, 4.69) is 20.6 Å². The van der Waals surface area contributed by atoms with Gasteiger partial charge in [0.1, 0.15) is 0 Å². The van der Waals surface area contributed by atoms with E-state index in [1.54, 1.807) is 0 Å². The van der Waals surface area contributed by atoms with Crippen molar-refractivity contribution >= 4 is 0 Å². The maximum absolute atomic E-state index is 4.09. The Morgan fingerprint density at radius 2 is 2.33 bits per heavy atom. The third-order valence-electron chi connectivity index (χ3n) is 3.21. The number of nitrogens with zero attached hydrogens (tertiary/aromatic N) is 3. The molecule has 12 heavy (non-hydrogen) atoms. The van der Waals surface area contributed by atoms with E-state index in [1.165, 1.54) is 26.1 Å². The summed E-state index contributed by atoms with van der Waals surface area (Å²) in [5.41, 5.74) is 0. The first kappa shape index (κ1) is 6.66. The van der Waals surface area contributed by atoms with Gasteiger partial charge in [-0.15, -0.1) is 0 Å². The first-order valence-electron chi connectivity index (χ1n) is 4.63. The third kappa shape index (κ3) is 0.829. The summed E-state index contributed by atoms with van der Waals surface area (Å²) >= 11 is 0. The molecule has 2 aliphatic rings. The molecule has 2 saturated heterocycles. The average molecular weight is 163 g/mol. The molecule has 3 rings (SSSR count). The summed E-state index contributed by atoms with van der Waals surface area (Å²) in [5, 5.41) is 0. The lowest BCUT2D eigenvalue weighted by molar-refractivity contribution is 0.300. The van der Waals surface area contributed by atoms with Crippen LogP contribution in [0.15, 0.2) is 18.7 Å². The molecule has 1 aromatic rings. The first-order valence-corrected chi connectivity index (χ1v) is 4.63. The molecule has 0 N–H and O–H groups in total. The molecule has 2 unspecified atom stereocenters. The number of aromatic nitrogens is 2. The fourth-order valence-corrected chi connectivity index (χ4v) is 2.56. The van der Waals surface area contributed by atoms with Gasteiger partial charge in [-0.3, -0.25) is 0 Å². The Hall–Kier alpha value is -0.830. The van der Waals surface area contributed by atoms with Crippen LogP contribution in [-0.2, 0) is 0 Å². The molecule has 3 heteroatoms. The monoisotopic (exact) mass is 163 g/mol. The Labute approximate surface area is 72.0 Å². The highest BCUT2D eigenvalue weighted by atomic mass is 15.2. The second-order valence-corrected chi connectivity index (χ2v) is 3.89. The topological polar surface area (TPSA) is 21.1 Å². The van der Waals surface area contributed by atoms with Crippen LogP contribution in [0.3, 0.4) is 0 Å². The Bertz CT molecular complexity index is 267. The van der Waals surface area contributed by atoms with Gasteiger partial charge in [0.25, 0.3) is 0 Å². The predicted octanol–water partition coefficient (Wildman–Crippen LogP) is 0.760. The van der Waals surface area contributed by atoms with Crippen LogP contribution in [0, 0.1) is 5.92 Å². The van der Waals surface area contributed by atoms with Crippen molar-refractivity contribution in [2.24, 2.45) is 5.92 Å². The minimum absolute atomic E-state index is 0.709. The number of imidazole rings is 1. The number of hydrogen-bond acceptors (Lipinski definition) is 2. The van der Waals surface area contributed by atoms with E-state index in [9.17, 15) is 0 Å². The molecule has 1 aromatic heterocycles. The van der Waals surface area contributed by atoms with E-state index in [4.69, 9.17) is 0 Å². The van der Waals surface area contributed by atoms with Crippen molar-refractivity contribution in [2.45, 2.75) is 12.5 Å². The molecule has 0 radical (unpaired) electrons. The van der Waals surface area contributed by atoms with Crippen LogP contribution in [0.4, 0.5) is 0 Å². The Kier molecular flexibility index (Phi) is 1.29. The van der Waals surface area contributed by atoms with Crippen molar-refractivity contribution in [3.63, 3.8) is 0 Å². The zero-order chi connectivity index (χ0) is 7.97. The predicted molar refractivity (Wildman–Crippen MR) is 45.8 cm³/mol. The SMILES string of the molecule is c1cn(C2CN3CC[C@H]2C3)cn1. The molecule has 64 valence electrons. The van der Waals surface area contributed by atoms with Gasteiger partial charge in [0.05, 0.1) is 12.4 Å². The van der Waals surface area contributed by atoms with Crippen LogP contribution in [0.2, 0.25) is 0 Å². The molecule has 0 spiro atoms. The van der Waals surface area contributed by atoms with Crippen LogP contribution in [0.25, 0.3) is 0 Å². The maximum atomic E-state index is 4.09. The quantitative estimate of drug-likeness (QED) is 0.609. The second kappa shape index (κ2) is 2.33. The maximum Gasteiger partial charge on any atom is 0.0949 e. The second-order valence-electron chi connectivity index (χ2n) is 3.89. The number of piperidine rings is 1. The van der Waals surface area contributed by atoms with Crippen molar-refractivity contribution in [3.8, 4) is 0 Å². The summed E-state index contributed by atoms with van der Waals surface area (Å²) in [6.45, 7) is 3.86. The molecule has 0 aromatic carbocycles. The van der Waals surface area contributed by atoms with Gasteiger partial charge in [0, 0.05) is 25.5 Å². The van der Waals surface area contributed by atoms with Crippen molar-refractivity contribution in [1.29, 1.82) is 0 Å². The molecule has 0 aliphatic carbocycles. The van der Waals surface area contributed by atoms with Crippen LogP contribution in [0.5, 0.6) is 0 Å². The summed E-state index contributed by atoms with van der Waals surface area (Å²) in [6, 6.07) is 0.709. The Morgan fingerprint density at radius 3 is 2.92 bits per heavy atom. The van der Waals surface area contributed by atoms with E-state index < -0.39 is 0 Å². The van der Waals surface area contributed by atoms with E-state index in [-0.39, 0.29) is 0 Å². The highest BCUT2D eigenvalue weighted by Crippen LogP contribution is 2.35. The molecular weight excluding hydrogens is 150 g/mol. The normalized spacial score (nSPS) is 39.2. The number of hydrogen-bond donors (Lipinski definition) is 0. The standard InChI is InChI=1S/C9H13N3/c1-3-11-5-8(1)9(6-11)12-4-2-10-7-12/h2,4,7-9H,1,3,5-6H2/t8-,9?/m0/s1. The molecular formula is C9H13N3. The van der Waals surface area contributed by atoms with E-state index >= 15 is 0 Å². The minimum Gasteiger partial charge on any atom is -0.333 e. The molecule has 3 atom stereocenters. The number of fused-ring (bicyclic) bond motifs is 2. The molecule has 2 bridgehead atoms. The zero-order valence-corrected chi connectivity index (χ0v) is 7.06. The van der Waals surface area contributed by atoms with Crippen molar-refractivity contribution in [1.82, 2.24) is 14.5 Å². The fraction of sp³-hybridized carbons (Fsp3) is 0.667. The summed E-state index contributed by atoms with van der Waals surface area (Å²) in [4.78, 5) is 6.65. The van der Waals surface area contributed by atoms with Crippen LogP contribution >= 0.6 is 0 Å². The van der Waals surface area contributed by atoms with Gasteiger partial charge in [0.15, 0.2) is 0 Å². The van der Waals surface area contributed by atoms with Crippen molar-refractivity contribution in [3.05, 3.63) is 18.7 Å². The Morgan fingerprint density at radius 1 is 1.33 bits per heavy atom. The Balaban J connectivity index is 1.87. The minimum atomic E-state index is 0.709. The van der Waals surface area contributed by atoms with Crippen molar-refractivity contribution < 1.29 is 0 Å². The average Bonchev–Trinajstić information content (AvgIpc) is 2.81. The highest BCUT2D eigenvalue weighted by Gasteiger charge is 2.38. The van der Waals surface area contributed by atoms with Crippen molar-refractivity contribution in [2.75, 3.05) is 19.6 Å². The summed E-state index contributed by atoms with van der Waals surface area (Å²) in [7, 11) is 0. The smallest absolute Gasteiger partial charge is 0.0949 e. The first-order chi connectivity index (χ1) is 5.93. The van der Waals surface area contributed by atoms with Crippen LogP contribution in [0.1, 0.15) is 12.5 Å². The summed E-state index contributed by atoms with van der Waals surface area (Å²) < 4.78 is 2.27. The van der Waals surface area contributed by atoms with Crippen LogP contribution < -0.4 is 0 Å². The molecule has 3 heterocycles. The summed E-state index contributed by atoms with van der Waals surface area (Å²) in [6.07, 6.45) is 7.29. The van der Waals surface area contributed by atoms with Gasteiger partial charge in [-0.1, -0.05) is 0 Å². The van der Waals surface area contributed by atoms with Gasteiger partial charge in [-0.05, 0) is 18.9 Å². The van der Waals surface area contributed by atoms with Gasteiger partial charge in [-0.2, -0.15) is 0 Å². The van der Waals surface area contributed by atoms with E-state index in [0.717, 1.165) is 5.92 Å². The van der Waals surface area contributed by atoms with Gasteiger partial charge in [-0.25, -0.2) is 4.98 Å². The van der Waals surface area contributed by atoms with Gasteiger partial charge >= 0.3 is 0 Å². The van der Waals surface area contributed by atoms with E-state index in [0.29, 0.717) is 6.04 Å². The highest BCUT2D eigenvalue weighted by molar-refractivity contribution is 4.96. The third-order valence-corrected chi connectivity index (χ3v) is 3.21. The molecule has 2 aliphatic heterocycles. The molecule has 2 fully saturated rings. The summed E-state index contributed by atoms with van der Waals surface area (Å²) in [5.74, 6) is 0.888. The lowest BCUT2D eigenvalue weighted by Crippen LogP contribution is -2.25. The number of rotatable bonds is 1. The fourth-order valence-electron chi connectivity index (χ4n) is 2.56. The van der Waals surface area contributed by atoms with Crippen LogP contribution in [-0.4, -0.2) is 34.1 Å². The zero-order valence-electron chi connectivity index (χ0n) is 7.06. The molecule has 0 amide bonds. The lowest BCUT2D eigenvalue weighted by atomic mass is 10.0. The van der Waals surface area contributed by atoms with Gasteiger partial charge < -0.3 is 9.47 Å². The van der Waals surface area contributed by atoms with Gasteiger partial charge in [0.2, 0.25) is 0 Å². The largest absolute Gasteiger partial charge is 0.333 e.